The van der Waals surface area contributed by atoms with Gasteiger partial charge < -0.3 is 28.4 Å². The molecule has 0 spiro atoms. The molecule has 2 heterocycles. The molecule has 7 nitrogen and oxygen atoms in total. The maximum absolute atomic E-state index is 12.5. The van der Waals surface area contributed by atoms with Gasteiger partial charge in [0, 0.05) is 0 Å². The van der Waals surface area contributed by atoms with Gasteiger partial charge in [-0.05, 0) is 40.2 Å². The Kier molecular flexibility index (Phi) is 6.41. The van der Waals surface area contributed by atoms with E-state index in [1.807, 2.05) is 44.2 Å². The summed E-state index contributed by atoms with van der Waals surface area (Å²) >= 11 is 0. The highest BCUT2D eigenvalue weighted by Crippen LogP contribution is 2.36. The fourth-order valence-electron chi connectivity index (χ4n) is 3.49. The Bertz CT molecular complexity index is 658. The molecule has 3 rings (SSSR count). The second-order valence-corrected chi connectivity index (χ2v) is 7.90. The minimum Gasteiger partial charge on any atom is -0.464 e. The largest absolute Gasteiger partial charge is 0.464 e. The van der Waals surface area contributed by atoms with Crippen LogP contribution in [0.3, 0.4) is 0 Å². The van der Waals surface area contributed by atoms with Crippen LogP contribution in [-0.2, 0) is 39.8 Å². The van der Waals surface area contributed by atoms with Gasteiger partial charge in [0.25, 0.3) is 0 Å². The van der Waals surface area contributed by atoms with Crippen LogP contribution < -0.4 is 0 Å². The fourth-order valence-corrected chi connectivity index (χ4v) is 3.49. The number of hydrogen-bond donors (Lipinski definition) is 0. The minimum absolute atomic E-state index is 0.261. The highest BCUT2D eigenvalue weighted by atomic mass is 16.8. The summed E-state index contributed by atoms with van der Waals surface area (Å²) in [5, 5.41) is 0. The summed E-state index contributed by atoms with van der Waals surface area (Å²) in [5.41, 5.74) is 1.01. The van der Waals surface area contributed by atoms with Crippen molar-refractivity contribution in [3.8, 4) is 0 Å². The third kappa shape index (κ3) is 5.10. The smallest absolute Gasteiger partial charge is 0.338 e. The average Bonchev–Trinajstić information content (AvgIpc) is 3.15. The SMILES string of the molecule is CCOC(=O)[C@H]1OC(C)(C)O[C@@H]1[C@@H](OCc1ccccc1)[C@@H]1COC(C)(C)O1. The predicted molar refractivity (Wildman–Crippen MR) is 100 cm³/mol. The van der Waals surface area contributed by atoms with Crippen LogP contribution in [0.1, 0.15) is 40.2 Å². The molecule has 0 aromatic heterocycles. The Labute approximate surface area is 166 Å². The fraction of sp³-hybridized carbons (Fsp3) is 0.667. The van der Waals surface area contributed by atoms with Gasteiger partial charge in [-0.2, -0.15) is 0 Å². The van der Waals surface area contributed by atoms with E-state index in [1.54, 1.807) is 20.8 Å². The molecule has 0 aliphatic carbocycles. The van der Waals surface area contributed by atoms with E-state index in [0.29, 0.717) is 13.2 Å². The Balaban J connectivity index is 1.82. The standard InChI is InChI=1S/C21H30O7/c1-6-23-19(22)18-17(27-21(4,5)28-18)16(15-13-25-20(2,3)26-15)24-12-14-10-8-7-9-11-14/h7-11,15-18H,6,12-13H2,1-5H3/t15-,16-,17+,18-/m0/s1. The van der Waals surface area contributed by atoms with Gasteiger partial charge in [0.05, 0.1) is 19.8 Å². The maximum atomic E-state index is 12.5. The second kappa shape index (κ2) is 8.47. The molecule has 2 aliphatic heterocycles. The van der Waals surface area contributed by atoms with Gasteiger partial charge in [-0.3, -0.25) is 0 Å². The van der Waals surface area contributed by atoms with Gasteiger partial charge in [-0.15, -0.1) is 0 Å². The van der Waals surface area contributed by atoms with Crippen molar-refractivity contribution < 1.29 is 33.2 Å². The van der Waals surface area contributed by atoms with E-state index < -0.39 is 42.0 Å². The number of ether oxygens (including phenoxy) is 6. The van der Waals surface area contributed by atoms with E-state index in [4.69, 9.17) is 28.4 Å². The number of carbonyl (C=O) groups excluding carboxylic acids is 1. The Morgan fingerprint density at radius 2 is 1.82 bits per heavy atom. The first-order valence-corrected chi connectivity index (χ1v) is 9.70. The number of esters is 1. The molecule has 1 aromatic carbocycles. The van der Waals surface area contributed by atoms with Crippen LogP contribution in [-0.4, -0.2) is 55.2 Å². The molecule has 0 unspecified atom stereocenters. The first-order chi connectivity index (χ1) is 13.2. The molecule has 0 amide bonds. The lowest BCUT2D eigenvalue weighted by molar-refractivity contribution is -0.190. The predicted octanol–water partition coefficient (Wildman–Crippen LogP) is 2.81. The molecule has 2 aliphatic rings. The lowest BCUT2D eigenvalue weighted by Gasteiger charge is -2.30. The van der Waals surface area contributed by atoms with Crippen molar-refractivity contribution in [1.29, 1.82) is 0 Å². The summed E-state index contributed by atoms with van der Waals surface area (Å²) in [7, 11) is 0. The average molecular weight is 394 g/mol. The summed E-state index contributed by atoms with van der Waals surface area (Å²) in [4.78, 5) is 12.5. The van der Waals surface area contributed by atoms with Crippen molar-refractivity contribution in [2.45, 2.75) is 77.2 Å². The van der Waals surface area contributed by atoms with E-state index in [-0.39, 0.29) is 6.61 Å². The first kappa shape index (κ1) is 21.2. The molecule has 2 fully saturated rings. The molecule has 28 heavy (non-hydrogen) atoms. The minimum atomic E-state index is -0.939. The van der Waals surface area contributed by atoms with E-state index in [1.165, 1.54) is 0 Å². The zero-order valence-corrected chi connectivity index (χ0v) is 17.2. The van der Waals surface area contributed by atoms with Gasteiger partial charge in [0.1, 0.15) is 18.3 Å². The van der Waals surface area contributed by atoms with Gasteiger partial charge in [-0.1, -0.05) is 30.3 Å². The molecular weight excluding hydrogens is 364 g/mol. The van der Waals surface area contributed by atoms with Gasteiger partial charge >= 0.3 is 5.97 Å². The van der Waals surface area contributed by atoms with E-state index in [0.717, 1.165) is 5.56 Å². The third-order valence-electron chi connectivity index (χ3n) is 4.65. The van der Waals surface area contributed by atoms with Crippen molar-refractivity contribution in [2.75, 3.05) is 13.2 Å². The molecule has 0 saturated carbocycles. The third-order valence-corrected chi connectivity index (χ3v) is 4.65. The molecule has 0 N–H and O–H groups in total. The van der Waals surface area contributed by atoms with Crippen LogP contribution >= 0.6 is 0 Å². The second-order valence-electron chi connectivity index (χ2n) is 7.90. The number of benzene rings is 1. The highest BCUT2D eigenvalue weighted by molar-refractivity contribution is 5.76. The van der Waals surface area contributed by atoms with Crippen molar-refractivity contribution in [3.05, 3.63) is 35.9 Å². The lowest BCUT2D eigenvalue weighted by Crippen LogP contribution is -2.49. The number of rotatable bonds is 7. The monoisotopic (exact) mass is 394 g/mol. The first-order valence-electron chi connectivity index (χ1n) is 9.70. The van der Waals surface area contributed by atoms with Gasteiger partial charge in [-0.25, -0.2) is 4.79 Å². The van der Waals surface area contributed by atoms with Crippen molar-refractivity contribution in [2.24, 2.45) is 0 Å². The van der Waals surface area contributed by atoms with Crippen LogP contribution in [0, 0.1) is 0 Å². The van der Waals surface area contributed by atoms with E-state index >= 15 is 0 Å². The van der Waals surface area contributed by atoms with E-state index in [2.05, 4.69) is 0 Å². The van der Waals surface area contributed by atoms with Crippen LogP contribution in [0.4, 0.5) is 0 Å². The molecular formula is C21H30O7. The zero-order valence-electron chi connectivity index (χ0n) is 17.2. The highest BCUT2D eigenvalue weighted by Gasteiger charge is 2.54. The molecule has 0 radical (unpaired) electrons. The lowest BCUT2D eigenvalue weighted by atomic mass is 10.0. The molecule has 2 saturated heterocycles. The maximum Gasteiger partial charge on any atom is 0.338 e. The van der Waals surface area contributed by atoms with Crippen LogP contribution in [0.2, 0.25) is 0 Å². The van der Waals surface area contributed by atoms with Crippen molar-refractivity contribution >= 4 is 5.97 Å². The number of hydrogen-bond acceptors (Lipinski definition) is 7. The van der Waals surface area contributed by atoms with Crippen LogP contribution in [0.25, 0.3) is 0 Å². The van der Waals surface area contributed by atoms with Crippen molar-refractivity contribution in [3.63, 3.8) is 0 Å². The summed E-state index contributed by atoms with van der Waals surface area (Å²) in [6.45, 7) is 9.93. The molecule has 7 heteroatoms. The molecule has 0 bridgehead atoms. The molecule has 156 valence electrons. The quantitative estimate of drug-likeness (QED) is 0.659. The zero-order chi connectivity index (χ0) is 20.4. The van der Waals surface area contributed by atoms with E-state index in [9.17, 15) is 4.79 Å². The number of carbonyl (C=O) groups is 1. The summed E-state index contributed by atoms with van der Waals surface area (Å²) in [6.07, 6.45) is -2.56. The Hall–Kier alpha value is -1.51. The van der Waals surface area contributed by atoms with Crippen molar-refractivity contribution in [1.82, 2.24) is 0 Å². The van der Waals surface area contributed by atoms with Gasteiger partial charge in [0.2, 0.25) is 0 Å². The van der Waals surface area contributed by atoms with Crippen LogP contribution in [0.15, 0.2) is 30.3 Å². The van der Waals surface area contributed by atoms with Gasteiger partial charge in [0.15, 0.2) is 17.7 Å². The normalized spacial score (nSPS) is 29.5. The molecule has 4 atom stereocenters. The topological polar surface area (TPSA) is 72.5 Å². The summed E-state index contributed by atoms with van der Waals surface area (Å²) in [6, 6.07) is 9.81. The molecule has 1 aromatic rings. The summed E-state index contributed by atoms with van der Waals surface area (Å²) < 4.78 is 35.1. The van der Waals surface area contributed by atoms with Crippen LogP contribution in [0.5, 0.6) is 0 Å². The summed E-state index contributed by atoms with van der Waals surface area (Å²) in [5.74, 6) is -2.14. The Morgan fingerprint density at radius 1 is 1.11 bits per heavy atom. The Morgan fingerprint density at radius 3 is 2.43 bits per heavy atom.